The van der Waals surface area contributed by atoms with E-state index >= 15 is 0 Å². The van der Waals surface area contributed by atoms with Crippen molar-refractivity contribution in [2.45, 2.75) is 19.9 Å². The molecule has 1 N–H and O–H groups in total. The molecule has 0 aliphatic carbocycles. The van der Waals surface area contributed by atoms with E-state index in [2.05, 4.69) is 10.1 Å². The molecule has 0 aromatic rings. The average molecular weight is 258 g/mol. The second-order valence-corrected chi connectivity index (χ2v) is 3.70. The zero-order valence-corrected chi connectivity index (χ0v) is 10.6. The van der Waals surface area contributed by atoms with Crippen LogP contribution in [0.3, 0.4) is 0 Å². The number of carbonyl (C=O) groups excluding carboxylic acids is 3. The monoisotopic (exact) mass is 258 g/mol. The third-order valence-corrected chi connectivity index (χ3v) is 2.49. The van der Waals surface area contributed by atoms with Crippen molar-refractivity contribution in [2.24, 2.45) is 0 Å². The Morgan fingerprint density at radius 1 is 1.39 bits per heavy atom. The topological polar surface area (TPSA) is 84.9 Å². The highest BCUT2D eigenvalue weighted by Crippen LogP contribution is 2.08. The van der Waals surface area contributed by atoms with Gasteiger partial charge in [0.2, 0.25) is 5.91 Å². The fourth-order valence-corrected chi connectivity index (χ4v) is 1.67. The standard InChI is InChI=1S/C11H18N2O5/c1-3-12-9(14)8-7-17-6-5-13(8)10(15)11(16)18-4-2/h8H,3-7H2,1-2H3,(H,12,14). The summed E-state index contributed by atoms with van der Waals surface area (Å²) in [4.78, 5) is 36.2. The molecule has 0 spiro atoms. The lowest BCUT2D eigenvalue weighted by Gasteiger charge is -2.33. The van der Waals surface area contributed by atoms with Crippen LogP contribution in [0.1, 0.15) is 13.8 Å². The Kier molecular flexibility index (Phi) is 5.57. The Bertz CT molecular complexity index is 331. The van der Waals surface area contributed by atoms with Crippen molar-refractivity contribution in [3.63, 3.8) is 0 Å². The van der Waals surface area contributed by atoms with E-state index in [9.17, 15) is 14.4 Å². The van der Waals surface area contributed by atoms with Gasteiger partial charge in [-0.05, 0) is 13.8 Å². The lowest BCUT2D eigenvalue weighted by Crippen LogP contribution is -2.57. The van der Waals surface area contributed by atoms with Crippen LogP contribution in [-0.4, -0.2) is 61.6 Å². The van der Waals surface area contributed by atoms with Gasteiger partial charge in [-0.15, -0.1) is 0 Å². The molecule has 1 atom stereocenters. The van der Waals surface area contributed by atoms with Gasteiger partial charge in [0.25, 0.3) is 0 Å². The van der Waals surface area contributed by atoms with Crippen molar-refractivity contribution in [1.82, 2.24) is 10.2 Å². The van der Waals surface area contributed by atoms with E-state index in [1.54, 1.807) is 13.8 Å². The summed E-state index contributed by atoms with van der Waals surface area (Å²) in [5, 5.41) is 2.61. The smallest absolute Gasteiger partial charge is 0.397 e. The van der Waals surface area contributed by atoms with Gasteiger partial charge >= 0.3 is 11.9 Å². The van der Waals surface area contributed by atoms with Gasteiger partial charge in [-0.2, -0.15) is 0 Å². The van der Waals surface area contributed by atoms with Gasteiger partial charge in [-0.25, -0.2) is 4.79 Å². The van der Waals surface area contributed by atoms with Gasteiger partial charge in [0, 0.05) is 13.1 Å². The van der Waals surface area contributed by atoms with E-state index in [1.807, 2.05) is 0 Å². The summed E-state index contributed by atoms with van der Waals surface area (Å²) in [5.41, 5.74) is 0. The molecule has 1 rings (SSSR count). The summed E-state index contributed by atoms with van der Waals surface area (Å²) in [6.45, 7) is 4.58. The summed E-state index contributed by atoms with van der Waals surface area (Å²) in [6.07, 6.45) is 0. The van der Waals surface area contributed by atoms with E-state index in [-0.39, 0.29) is 25.7 Å². The number of carbonyl (C=O) groups is 3. The first kappa shape index (κ1) is 14.4. The van der Waals surface area contributed by atoms with Crippen LogP contribution in [0.4, 0.5) is 0 Å². The lowest BCUT2D eigenvalue weighted by molar-refractivity contribution is -0.165. The summed E-state index contributed by atoms with van der Waals surface area (Å²) < 4.78 is 9.81. The first-order valence-corrected chi connectivity index (χ1v) is 5.95. The van der Waals surface area contributed by atoms with Gasteiger partial charge < -0.3 is 19.7 Å². The number of esters is 1. The van der Waals surface area contributed by atoms with E-state index in [0.717, 1.165) is 0 Å². The van der Waals surface area contributed by atoms with Crippen molar-refractivity contribution in [3.05, 3.63) is 0 Å². The molecule has 0 saturated carbocycles. The van der Waals surface area contributed by atoms with Gasteiger partial charge in [0.05, 0.1) is 19.8 Å². The number of likely N-dealkylation sites (N-methyl/N-ethyl adjacent to an activating group) is 1. The second kappa shape index (κ2) is 6.95. The Hall–Kier alpha value is -1.63. The number of nitrogens with one attached hydrogen (secondary N) is 1. The van der Waals surface area contributed by atoms with Crippen LogP contribution in [0.25, 0.3) is 0 Å². The van der Waals surface area contributed by atoms with Crippen molar-refractivity contribution in [1.29, 1.82) is 0 Å². The summed E-state index contributed by atoms with van der Waals surface area (Å²) in [5.74, 6) is -2.06. The molecule has 1 aliphatic rings. The van der Waals surface area contributed by atoms with Crippen molar-refractivity contribution < 1.29 is 23.9 Å². The van der Waals surface area contributed by atoms with Crippen molar-refractivity contribution >= 4 is 17.8 Å². The normalized spacial score (nSPS) is 19.2. The first-order chi connectivity index (χ1) is 8.61. The Balaban J connectivity index is 2.72. The van der Waals surface area contributed by atoms with Crippen LogP contribution in [0.15, 0.2) is 0 Å². The van der Waals surface area contributed by atoms with E-state index in [4.69, 9.17) is 4.74 Å². The Morgan fingerprint density at radius 3 is 2.72 bits per heavy atom. The molecule has 102 valence electrons. The number of morpholine rings is 1. The molecule has 1 unspecified atom stereocenters. The average Bonchev–Trinajstić information content (AvgIpc) is 2.38. The highest BCUT2D eigenvalue weighted by Gasteiger charge is 2.36. The molecule has 0 bridgehead atoms. The maximum atomic E-state index is 11.8. The van der Waals surface area contributed by atoms with Crippen molar-refractivity contribution in [3.8, 4) is 0 Å². The fourth-order valence-electron chi connectivity index (χ4n) is 1.67. The van der Waals surface area contributed by atoms with Crippen LogP contribution < -0.4 is 5.32 Å². The van der Waals surface area contributed by atoms with Gasteiger partial charge in [0.1, 0.15) is 6.04 Å². The summed E-state index contributed by atoms with van der Waals surface area (Å²) >= 11 is 0. The molecular weight excluding hydrogens is 240 g/mol. The number of hydrogen-bond donors (Lipinski definition) is 1. The summed E-state index contributed by atoms with van der Waals surface area (Å²) in [6, 6.07) is -0.768. The molecule has 0 aromatic carbocycles. The van der Waals surface area contributed by atoms with E-state index in [0.29, 0.717) is 13.2 Å². The maximum absolute atomic E-state index is 11.8. The molecular formula is C11H18N2O5. The highest BCUT2D eigenvalue weighted by atomic mass is 16.5. The Morgan fingerprint density at radius 2 is 2.11 bits per heavy atom. The number of rotatable bonds is 3. The van der Waals surface area contributed by atoms with Crippen LogP contribution in [0.5, 0.6) is 0 Å². The molecule has 0 aromatic heterocycles. The van der Waals surface area contributed by atoms with E-state index in [1.165, 1.54) is 4.90 Å². The molecule has 2 amide bonds. The minimum Gasteiger partial charge on any atom is -0.459 e. The molecule has 1 saturated heterocycles. The van der Waals surface area contributed by atoms with E-state index < -0.39 is 17.9 Å². The number of ether oxygens (including phenoxy) is 2. The van der Waals surface area contributed by atoms with Crippen LogP contribution in [0, 0.1) is 0 Å². The third kappa shape index (κ3) is 3.43. The number of hydrogen-bond acceptors (Lipinski definition) is 5. The number of amides is 2. The van der Waals surface area contributed by atoms with Gasteiger partial charge in [-0.3, -0.25) is 9.59 Å². The van der Waals surface area contributed by atoms with Crippen molar-refractivity contribution in [2.75, 3.05) is 32.9 Å². The molecule has 1 heterocycles. The number of nitrogens with zero attached hydrogens (tertiary/aromatic N) is 1. The molecule has 1 fully saturated rings. The van der Waals surface area contributed by atoms with Crippen LogP contribution in [0.2, 0.25) is 0 Å². The first-order valence-electron chi connectivity index (χ1n) is 5.95. The van der Waals surface area contributed by atoms with Crippen LogP contribution >= 0.6 is 0 Å². The maximum Gasteiger partial charge on any atom is 0.397 e. The van der Waals surface area contributed by atoms with Gasteiger partial charge in [0.15, 0.2) is 0 Å². The highest BCUT2D eigenvalue weighted by molar-refractivity contribution is 6.32. The minimum atomic E-state index is -0.936. The molecule has 0 radical (unpaired) electrons. The third-order valence-electron chi connectivity index (χ3n) is 2.49. The van der Waals surface area contributed by atoms with Gasteiger partial charge in [-0.1, -0.05) is 0 Å². The fraction of sp³-hybridized carbons (Fsp3) is 0.727. The largest absolute Gasteiger partial charge is 0.459 e. The quantitative estimate of drug-likeness (QED) is 0.514. The summed E-state index contributed by atoms with van der Waals surface area (Å²) in [7, 11) is 0. The predicted octanol–water partition coefficient (Wildman–Crippen LogP) is -1.09. The zero-order valence-electron chi connectivity index (χ0n) is 10.6. The van der Waals surface area contributed by atoms with Crippen LogP contribution in [-0.2, 0) is 23.9 Å². The predicted molar refractivity (Wildman–Crippen MR) is 61.6 cm³/mol. The second-order valence-electron chi connectivity index (χ2n) is 3.70. The molecule has 18 heavy (non-hydrogen) atoms. The molecule has 7 heteroatoms. The SMILES string of the molecule is CCNC(=O)C1COCCN1C(=O)C(=O)OCC. The lowest BCUT2D eigenvalue weighted by atomic mass is 10.2. The molecule has 7 nitrogen and oxygen atoms in total. The molecule has 1 aliphatic heterocycles. The minimum absolute atomic E-state index is 0.0942. The Labute approximate surface area is 105 Å². The zero-order chi connectivity index (χ0) is 13.5.